The van der Waals surface area contributed by atoms with Crippen molar-refractivity contribution in [3.05, 3.63) is 35.4 Å². The van der Waals surface area contributed by atoms with Crippen LogP contribution in [-0.2, 0) is 21.4 Å². The lowest BCUT2D eigenvalue weighted by Gasteiger charge is -2.29. The molecule has 2 aliphatic heterocycles. The highest BCUT2D eigenvalue weighted by molar-refractivity contribution is 7.89. The van der Waals surface area contributed by atoms with Gasteiger partial charge in [0.05, 0.1) is 17.4 Å². The highest BCUT2D eigenvalue weighted by atomic mass is 32.2. The molecular formula is C21H30N4O3S. The molecule has 1 aromatic rings. The van der Waals surface area contributed by atoms with Gasteiger partial charge in [0.1, 0.15) is 6.04 Å². The summed E-state index contributed by atoms with van der Waals surface area (Å²) in [6.07, 6.45) is 2.80. The molecule has 0 spiro atoms. The lowest BCUT2D eigenvalue weighted by molar-refractivity contribution is -0.134. The van der Waals surface area contributed by atoms with Gasteiger partial charge in [-0.1, -0.05) is 19.1 Å². The van der Waals surface area contributed by atoms with Crippen LogP contribution in [0.4, 0.5) is 0 Å². The quantitative estimate of drug-likeness (QED) is 0.703. The van der Waals surface area contributed by atoms with Crippen LogP contribution in [0.2, 0.25) is 0 Å². The molecule has 2 fully saturated rings. The van der Waals surface area contributed by atoms with Crippen molar-refractivity contribution in [3.63, 3.8) is 0 Å². The second-order valence-electron chi connectivity index (χ2n) is 7.85. The summed E-state index contributed by atoms with van der Waals surface area (Å²) in [5.41, 5.74) is 1.80. The molecule has 0 bridgehead atoms. The topological polar surface area (TPSA) is 84.7 Å². The minimum atomic E-state index is -3.36. The third-order valence-electron chi connectivity index (χ3n) is 5.70. The maximum atomic E-state index is 13.1. The van der Waals surface area contributed by atoms with E-state index >= 15 is 0 Å². The van der Waals surface area contributed by atoms with Gasteiger partial charge in [-0.05, 0) is 43.4 Å². The lowest BCUT2D eigenvalue weighted by atomic mass is 10.1. The van der Waals surface area contributed by atoms with Gasteiger partial charge < -0.3 is 4.90 Å². The fourth-order valence-corrected chi connectivity index (χ4v) is 5.94. The van der Waals surface area contributed by atoms with Crippen molar-refractivity contribution in [2.75, 3.05) is 38.5 Å². The molecule has 0 saturated carbocycles. The minimum Gasteiger partial charge on any atom is -0.340 e. The molecule has 1 unspecified atom stereocenters. The number of hydrogen-bond donors (Lipinski definition) is 0. The van der Waals surface area contributed by atoms with Crippen molar-refractivity contribution in [1.29, 1.82) is 5.26 Å². The van der Waals surface area contributed by atoms with Crippen LogP contribution < -0.4 is 0 Å². The highest BCUT2D eigenvalue weighted by Crippen LogP contribution is 2.24. The van der Waals surface area contributed by atoms with E-state index in [1.165, 1.54) is 4.31 Å². The minimum absolute atomic E-state index is 0.0394. The molecule has 2 aliphatic rings. The van der Waals surface area contributed by atoms with Crippen LogP contribution in [0.15, 0.2) is 24.3 Å². The largest absolute Gasteiger partial charge is 0.340 e. The van der Waals surface area contributed by atoms with Crippen molar-refractivity contribution < 1.29 is 13.2 Å². The van der Waals surface area contributed by atoms with E-state index in [1.54, 1.807) is 0 Å². The van der Waals surface area contributed by atoms with Gasteiger partial charge in [0.2, 0.25) is 15.9 Å². The molecule has 8 heteroatoms. The van der Waals surface area contributed by atoms with Crippen molar-refractivity contribution >= 4 is 15.9 Å². The molecule has 0 aromatic heterocycles. The number of benzene rings is 1. The van der Waals surface area contributed by atoms with E-state index in [0.29, 0.717) is 38.0 Å². The number of amides is 1. The average Bonchev–Trinajstić information content (AvgIpc) is 3.10. The molecule has 0 aliphatic carbocycles. The van der Waals surface area contributed by atoms with Crippen molar-refractivity contribution in [3.8, 4) is 6.07 Å². The van der Waals surface area contributed by atoms with Gasteiger partial charge in [-0.25, -0.2) is 8.42 Å². The van der Waals surface area contributed by atoms with Crippen molar-refractivity contribution in [2.24, 2.45) is 0 Å². The van der Waals surface area contributed by atoms with Crippen LogP contribution in [0, 0.1) is 11.3 Å². The Kier molecular flexibility index (Phi) is 7.28. The van der Waals surface area contributed by atoms with E-state index in [2.05, 4.69) is 11.0 Å². The summed E-state index contributed by atoms with van der Waals surface area (Å²) in [5, 5.41) is 8.92. The van der Waals surface area contributed by atoms with Gasteiger partial charge in [-0.3, -0.25) is 9.69 Å². The molecule has 2 saturated heterocycles. The Bertz CT molecular complexity index is 848. The van der Waals surface area contributed by atoms with Gasteiger partial charge in [0.25, 0.3) is 0 Å². The van der Waals surface area contributed by atoms with Crippen molar-refractivity contribution in [1.82, 2.24) is 14.1 Å². The smallest absolute Gasteiger partial charge is 0.241 e. The molecule has 3 rings (SSSR count). The first kappa shape index (κ1) is 21.8. The lowest BCUT2D eigenvalue weighted by Crippen LogP contribution is -2.49. The Morgan fingerprint density at radius 1 is 1.10 bits per heavy atom. The van der Waals surface area contributed by atoms with Gasteiger partial charge >= 0.3 is 0 Å². The molecular weight excluding hydrogens is 388 g/mol. The third-order valence-corrected chi connectivity index (χ3v) is 7.77. The summed E-state index contributed by atoms with van der Waals surface area (Å²) in [7, 11) is -3.36. The van der Waals surface area contributed by atoms with Crippen LogP contribution in [0.1, 0.15) is 43.7 Å². The Balaban J connectivity index is 1.59. The second-order valence-corrected chi connectivity index (χ2v) is 9.89. The molecule has 1 amide bonds. The number of hydrogen-bond acceptors (Lipinski definition) is 5. The van der Waals surface area contributed by atoms with Gasteiger partial charge in [-0.15, -0.1) is 0 Å². The van der Waals surface area contributed by atoms with Crippen molar-refractivity contribution in [2.45, 2.75) is 45.2 Å². The summed E-state index contributed by atoms with van der Waals surface area (Å²) in [6.45, 7) is 6.04. The first-order valence-electron chi connectivity index (χ1n) is 10.4. The zero-order valence-electron chi connectivity index (χ0n) is 17.1. The Labute approximate surface area is 173 Å². The van der Waals surface area contributed by atoms with Crippen LogP contribution in [-0.4, -0.2) is 72.9 Å². The molecule has 7 nitrogen and oxygen atoms in total. The first-order chi connectivity index (χ1) is 13.9. The van der Waals surface area contributed by atoms with E-state index in [9.17, 15) is 13.2 Å². The second kappa shape index (κ2) is 9.70. The Morgan fingerprint density at radius 3 is 2.55 bits per heavy atom. The summed E-state index contributed by atoms with van der Waals surface area (Å²) >= 11 is 0. The van der Waals surface area contributed by atoms with E-state index in [-0.39, 0.29) is 11.7 Å². The SMILES string of the molecule is CCCS(=O)(=O)N1CCCC1C(=O)N1CCCN(Cc2ccc(C#N)cc2)CC1. The summed E-state index contributed by atoms with van der Waals surface area (Å²) in [6, 6.07) is 9.20. The van der Waals surface area contributed by atoms with E-state index < -0.39 is 16.1 Å². The zero-order chi connectivity index (χ0) is 20.9. The van der Waals surface area contributed by atoms with Crippen LogP contribution in [0.25, 0.3) is 0 Å². The summed E-state index contributed by atoms with van der Waals surface area (Å²) in [4.78, 5) is 17.3. The predicted octanol–water partition coefficient (Wildman–Crippen LogP) is 1.80. The number of sulfonamides is 1. The van der Waals surface area contributed by atoms with Crippen LogP contribution in [0.5, 0.6) is 0 Å². The van der Waals surface area contributed by atoms with E-state index in [4.69, 9.17) is 5.26 Å². The van der Waals surface area contributed by atoms with Crippen LogP contribution in [0.3, 0.4) is 0 Å². The van der Waals surface area contributed by atoms with Gasteiger partial charge in [0, 0.05) is 39.3 Å². The standard InChI is InChI=1S/C21H30N4O3S/c1-2-15-29(27,28)25-12-3-5-20(25)21(26)24-11-4-10-23(13-14-24)17-19-8-6-18(16-22)7-9-19/h6-9,20H,2-5,10-15,17H2,1H3. The number of rotatable bonds is 6. The molecule has 2 heterocycles. The monoisotopic (exact) mass is 418 g/mol. The number of nitrogens with zero attached hydrogens (tertiary/aromatic N) is 4. The normalized spacial score (nSPS) is 21.7. The van der Waals surface area contributed by atoms with Crippen LogP contribution >= 0.6 is 0 Å². The van der Waals surface area contributed by atoms with Gasteiger partial charge in [0.15, 0.2) is 0 Å². The number of nitriles is 1. The first-order valence-corrected chi connectivity index (χ1v) is 12.0. The molecule has 1 aromatic carbocycles. The maximum Gasteiger partial charge on any atom is 0.241 e. The van der Waals surface area contributed by atoms with E-state index in [0.717, 1.165) is 38.0 Å². The third kappa shape index (κ3) is 5.35. The Morgan fingerprint density at radius 2 is 1.86 bits per heavy atom. The summed E-state index contributed by atoms with van der Waals surface area (Å²) in [5.74, 6) is 0.0669. The average molecular weight is 419 g/mol. The fourth-order valence-electron chi connectivity index (χ4n) is 4.20. The summed E-state index contributed by atoms with van der Waals surface area (Å²) < 4.78 is 26.5. The molecule has 29 heavy (non-hydrogen) atoms. The highest BCUT2D eigenvalue weighted by Gasteiger charge is 2.40. The fraction of sp³-hybridized carbons (Fsp3) is 0.619. The molecule has 0 N–H and O–H groups in total. The van der Waals surface area contributed by atoms with E-state index in [1.807, 2.05) is 36.1 Å². The maximum absolute atomic E-state index is 13.1. The molecule has 0 radical (unpaired) electrons. The Hall–Kier alpha value is -1.95. The predicted molar refractivity (Wildman–Crippen MR) is 111 cm³/mol. The number of carbonyl (C=O) groups is 1. The molecule has 158 valence electrons. The van der Waals surface area contributed by atoms with Gasteiger partial charge in [-0.2, -0.15) is 9.57 Å². The molecule has 1 atom stereocenters. The number of carbonyl (C=O) groups excluding carboxylic acids is 1. The zero-order valence-corrected chi connectivity index (χ0v) is 17.9.